The number of aromatic nitrogens is 4. The molecule has 2 amide bonds. The van der Waals surface area contributed by atoms with Crippen molar-refractivity contribution in [2.75, 3.05) is 5.32 Å². The number of benzene rings is 1. The fourth-order valence-corrected chi connectivity index (χ4v) is 3.21. The standard InChI is InChI=1S/C22H22FN7O3.H2S/c1-22(2,3)19(16-10-25-29-28-16)27-21(33)18(31)13-8-17(30(4)11-13)20(32)26-14-5-6-15(23)12(7-14)9-24;/h5-8,10-11,19H,1-4H3,(H,26,32)(H,27,33)(H,25,28,29);1H2/t19-;/m1./s1. The van der Waals surface area contributed by atoms with Gasteiger partial charge in [-0.2, -0.15) is 34.2 Å². The van der Waals surface area contributed by atoms with Crippen molar-refractivity contribution >= 4 is 36.8 Å². The molecule has 0 unspecified atom stereocenters. The normalized spacial score (nSPS) is 11.6. The molecule has 0 bridgehead atoms. The number of carbonyl (C=O) groups excluding carboxylic acids is 3. The van der Waals surface area contributed by atoms with Crippen LogP contribution < -0.4 is 10.6 Å². The summed E-state index contributed by atoms with van der Waals surface area (Å²) in [6.45, 7) is 5.65. The topological polar surface area (TPSA) is 146 Å². The third-order valence-corrected chi connectivity index (χ3v) is 4.92. The zero-order valence-electron chi connectivity index (χ0n) is 18.9. The average Bonchev–Trinajstić information content (AvgIpc) is 3.41. The van der Waals surface area contributed by atoms with Gasteiger partial charge in [0.2, 0.25) is 0 Å². The van der Waals surface area contributed by atoms with Crippen LogP contribution >= 0.6 is 13.5 Å². The number of hydrogen-bond donors (Lipinski definition) is 3. The molecule has 0 fully saturated rings. The molecule has 0 aliphatic rings. The number of Topliss-reactive ketones (excluding diaryl/α,β-unsaturated/α-hetero) is 1. The lowest BCUT2D eigenvalue weighted by atomic mass is 9.85. The van der Waals surface area contributed by atoms with Crippen LogP contribution in [0.3, 0.4) is 0 Å². The summed E-state index contributed by atoms with van der Waals surface area (Å²) in [7, 11) is 1.54. The van der Waals surface area contributed by atoms with Crippen LogP contribution in [0.5, 0.6) is 0 Å². The number of H-pyrrole nitrogens is 1. The summed E-state index contributed by atoms with van der Waals surface area (Å²) in [6, 6.07) is 5.99. The summed E-state index contributed by atoms with van der Waals surface area (Å²) in [4.78, 5) is 38.1. The van der Waals surface area contributed by atoms with Crippen molar-refractivity contribution in [2.45, 2.75) is 26.8 Å². The van der Waals surface area contributed by atoms with Crippen molar-refractivity contribution < 1.29 is 18.8 Å². The fraction of sp³-hybridized carbons (Fsp3) is 0.273. The number of aromatic amines is 1. The molecule has 178 valence electrons. The van der Waals surface area contributed by atoms with Gasteiger partial charge >= 0.3 is 0 Å². The van der Waals surface area contributed by atoms with Crippen LogP contribution in [0.25, 0.3) is 0 Å². The smallest absolute Gasteiger partial charge is 0.293 e. The molecule has 0 saturated carbocycles. The number of hydrogen-bond acceptors (Lipinski definition) is 6. The second-order valence-corrected chi connectivity index (χ2v) is 8.48. The number of rotatable bonds is 6. The number of nitriles is 1. The summed E-state index contributed by atoms with van der Waals surface area (Å²) >= 11 is 0. The number of anilines is 1. The number of carbonyl (C=O) groups is 3. The maximum Gasteiger partial charge on any atom is 0.293 e. The molecule has 1 aromatic carbocycles. The quantitative estimate of drug-likeness (QED) is 0.361. The largest absolute Gasteiger partial charge is 0.346 e. The summed E-state index contributed by atoms with van der Waals surface area (Å²) in [5.74, 6) is -2.97. The Balaban J connectivity index is 0.00000408. The average molecular weight is 486 g/mol. The Morgan fingerprint density at radius 1 is 1.24 bits per heavy atom. The molecule has 3 N–H and O–H groups in total. The SMILES string of the molecule is Cn1cc(C(=O)C(=O)N[C@H](c2cn[nH]n2)C(C)(C)C)cc1C(=O)Nc1ccc(F)c(C#N)c1.S. The minimum atomic E-state index is -0.854. The van der Waals surface area contributed by atoms with E-state index < -0.39 is 34.9 Å². The molecule has 0 saturated heterocycles. The number of amides is 2. The van der Waals surface area contributed by atoms with Crippen molar-refractivity contribution in [3.05, 3.63) is 65.0 Å². The van der Waals surface area contributed by atoms with E-state index in [1.807, 2.05) is 20.8 Å². The van der Waals surface area contributed by atoms with E-state index in [-0.39, 0.29) is 36.0 Å². The Labute approximate surface area is 202 Å². The van der Waals surface area contributed by atoms with Crippen molar-refractivity contribution in [3.63, 3.8) is 0 Å². The zero-order chi connectivity index (χ0) is 24.3. The molecule has 0 spiro atoms. The fourth-order valence-electron chi connectivity index (χ4n) is 3.21. The molecule has 0 radical (unpaired) electrons. The van der Waals surface area contributed by atoms with Gasteiger partial charge in [-0.1, -0.05) is 20.8 Å². The van der Waals surface area contributed by atoms with E-state index in [4.69, 9.17) is 5.26 Å². The molecule has 3 rings (SSSR count). The maximum atomic E-state index is 13.5. The van der Waals surface area contributed by atoms with Crippen molar-refractivity contribution in [1.29, 1.82) is 5.26 Å². The van der Waals surface area contributed by atoms with E-state index in [1.165, 1.54) is 35.2 Å². The first kappa shape index (κ1) is 26.3. The maximum absolute atomic E-state index is 13.5. The van der Waals surface area contributed by atoms with Crippen molar-refractivity contribution in [3.8, 4) is 6.07 Å². The monoisotopic (exact) mass is 485 g/mol. The first-order valence-electron chi connectivity index (χ1n) is 9.89. The lowest BCUT2D eigenvalue weighted by Gasteiger charge is -2.29. The van der Waals surface area contributed by atoms with Crippen LogP contribution in [-0.2, 0) is 11.8 Å². The van der Waals surface area contributed by atoms with Crippen LogP contribution in [0.15, 0.2) is 36.7 Å². The van der Waals surface area contributed by atoms with Crippen LogP contribution in [0, 0.1) is 22.6 Å². The highest BCUT2D eigenvalue weighted by Gasteiger charge is 2.32. The van der Waals surface area contributed by atoms with Gasteiger partial charge in [0.1, 0.15) is 23.3 Å². The van der Waals surface area contributed by atoms with E-state index >= 15 is 0 Å². The molecular formula is C22H24FN7O3S. The highest BCUT2D eigenvalue weighted by Crippen LogP contribution is 2.31. The first-order valence-corrected chi connectivity index (χ1v) is 9.89. The second-order valence-electron chi connectivity index (χ2n) is 8.48. The van der Waals surface area contributed by atoms with Gasteiger partial charge in [0.25, 0.3) is 17.6 Å². The van der Waals surface area contributed by atoms with Gasteiger partial charge in [-0.15, -0.1) is 0 Å². The Bertz CT molecular complexity index is 1260. The van der Waals surface area contributed by atoms with Crippen LogP contribution in [0.4, 0.5) is 10.1 Å². The Hall–Kier alpha value is -3.98. The molecule has 34 heavy (non-hydrogen) atoms. The number of nitrogens with zero attached hydrogens (tertiary/aromatic N) is 4. The van der Waals surface area contributed by atoms with Crippen LogP contribution in [0.1, 0.15) is 58.9 Å². The van der Waals surface area contributed by atoms with Crippen LogP contribution in [0.2, 0.25) is 0 Å². The number of ketones is 1. The van der Waals surface area contributed by atoms with Gasteiger partial charge in [0, 0.05) is 24.5 Å². The molecule has 1 atom stereocenters. The Morgan fingerprint density at radius 2 is 1.94 bits per heavy atom. The van der Waals surface area contributed by atoms with Crippen molar-refractivity contribution in [1.82, 2.24) is 25.3 Å². The van der Waals surface area contributed by atoms with E-state index in [0.29, 0.717) is 5.69 Å². The second kappa shape index (κ2) is 10.3. The lowest BCUT2D eigenvalue weighted by molar-refractivity contribution is -0.118. The van der Waals surface area contributed by atoms with E-state index in [0.717, 1.165) is 6.07 Å². The highest BCUT2D eigenvalue weighted by atomic mass is 32.1. The van der Waals surface area contributed by atoms with E-state index in [1.54, 1.807) is 13.1 Å². The van der Waals surface area contributed by atoms with Gasteiger partial charge in [-0.25, -0.2) is 4.39 Å². The van der Waals surface area contributed by atoms with Crippen molar-refractivity contribution in [2.24, 2.45) is 12.5 Å². The van der Waals surface area contributed by atoms with Gasteiger partial charge in [-0.3, -0.25) is 14.4 Å². The molecule has 0 aliphatic carbocycles. The van der Waals surface area contributed by atoms with Gasteiger partial charge in [0.15, 0.2) is 0 Å². The minimum absolute atomic E-state index is 0. The molecule has 2 heterocycles. The molecule has 2 aromatic heterocycles. The minimum Gasteiger partial charge on any atom is -0.346 e. The summed E-state index contributed by atoms with van der Waals surface area (Å²) in [5, 5.41) is 24.4. The number of halogens is 1. The summed E-state index contributed by atoms with van der Waals surface area (Å²) < 4.78 is 14.9. The zero-order valence-corrected chi connectivity index (χ0v) is 19.9. The lowest BCUT2D eigenvalue weighted by Crippen LogP contribution is -2.40. The van der Waals surface area contributed by atoms with E-state index in [9.17, 15) is 18.8 Å². The highest BCUT2D eigenvalue weighted by molar-refractivity contribution is 7.59. The number of nitrogens with one attached hydrogen (secondary N) is 3. The Kier molecular flexibility index (Phi) is 7.96. The Morgan fingerprint density at radius 3 is 2.53 bits per heavy atom. The summed E-state index contributed by atoms with van der Waals surface area (Å²) in [6.07, 6.45) is 2.84. The predicted molar refractivity (Wildman–Crippen MR) is 126 cm³/mol. The van der Waals surface area contributed by atoms with Gasteiger partial charge < -0.3 is 15.2 Å². The third-order valence-electron chi connectivity index (χ3n) is 4.92. The molecular weight excluding hydrogens is 461 g/mol. The first-order chi connectivity index (χ1) is 15.5. The summed E-state index contributed by atoms with van der Waals surface area (Å²) in [5.41, 5.74) is 0.139. The number of aryl methyl sites for hydroxylation is 1. The molecule has 3 aromatic rings. The molecule has 10 nitrogen and oxygen atoms in total. The van der Waals surface area contributed by atoms with Crippen LogP contribution in [-0.4, -0.2) is 37.6 Å². The third kappa shape index (κ3) is 5.68. The van der Waals surface area contributed by atoms with Gasteiger partial charge in [-0.05, 0) is 29.7 Å². The predicted octanol–water partition coefficient (Wildman–Crippen LogP) is 2.61. The van der Waals surface area contributed by atoms with Gasteiger partial charge in [0.05, 0.1) is 17.8 Å². The molecule has 12 heteroatoms. The van der Waals surface area contributed by atoms with E-state index in [2.05, 4.69) is 26.0 Å². The molecule has 0 aliphatic heterocycles.